The zero-order valence-electron chi connectivity index (χ0n) is 23.7. The number of rotatable bonds is 11. The number of nitrogens with one attached hydrogen (secondary N) is 1. The van der Waals surface area contributed by atoms with Crippen LogP contribution in [0.3, 0.4) is 0 Å². The molecule has 6 heteroatoms. The SMILES string of the molecule is CC(C)CN(CC(=O)N(CCc1c[nH]c2ccccc12)Cc1ccc(N(C)C)cc1)C(=O)CC(C)(C)C. The lowest BCUT2D eigenvalue weighted by molar-refractivity contribution is -0.142. The molecule has 1 heterocycles. The molecule has 1 aromatic heterocycles. The second-order valence-corrected chi connectivity index (χ2v) is 11.9. The highest BCUT2D eigenvalue weighted by atomic mass is 16.2. The van der Waals surface area contributed by atoms with Gasteiger partial charge in [0, 0.05) is 62.9 Å². The number of fused-ring (bicyclic) bond motifs is 1. The summed E-state index contributed by atoms with van der Waals surface area (Å²) in [6.07, 6.45) is 3.21. The summed E-state index contributed by atoms with van der Waals surface area (Å²) in [6, 6.07) is 16.6. The van der Waals surface area contributed by atoms with Gasteiger partial charge >= 0.3 is 0 Å². The molecule has 0 fully saturated rings. The van der Waals surface area contributed by atoms with Gasteiger partial charge in [0.05, 0.1) is 6.54 Å². The second kappa shape index (κ2) is 12.3. The molecule has 200 valence electrons. The first-order chi connectivity index (χ1) is 17.4. The summed E-state index contributed by atoms with van der Waals surface area (Å²) in [4.78, 5) is 35.9. The fourth-order valence-corrected chi connectivity index (χ4v) is 4.53. The van der Waals surface area contributed by atoms with Crippen molar-refractivity contribution in [2.75, 3.05) is 38.6 Å². The zero-order chi connectivity index (χ0) is 27.2. The average molecular weight is 505 g/mol. The van der Waals surface area contributed by atoms with Gasteiger partial charge < -0.3 is 19.7 Å². The highest BCUT2D eigenvalue weighted by Crippen LogP contribution is 2.22. The standard InChI is InChI=1S/C31H44N4O2/c1-23(2)20-35(29(36)18-31(3,4)5)22-30(37)34(21-24-12-14-26(15-13-24)33(6)7)17-16-25-19-32-28-11-9-8-10-27(25)28/h8-15,19,23,32H,16-18,20-22H2,1-7H3. The molecule has 2 amide bonds. The number of aromatic nitrogens is 1. The summed E-state index contributed by atoms with van der Waals surface area (Å²) in [7, 11) is 4.04. The highest BCUT2D eigenvalue weighted by Gasteiger charge is 2.26. The largest absolute Gasteiger partial charge is 0.378 e. The Morgan fingerprint density at radius 3 is 2.22 bits per heavy atom. The van der Waals surface area contributed by atoms with E-state index in [2.05, 4.69) is 80.9 Å². The Labute approximate surface area is 222 Å². The van der Waals surface area contributed by atoms with Gasteiger partial charge in [-0.25, -0.2) is 0 Å². The number of H-pyrrole nitrogens is 1. The highest BCUT2D eigenvalue weighted by molar-refractivity contribution is 5.85. The summed E-state index contributed by atoms with van der Waals surface area (Å²) in [5.41, 5.74) is 4.37. The number of para-hydroxylation sites is 1. The quantitative estimate of drug-likeness (QED) is 0.363. The third-order valence-corrected chi connectivity index (χ3v) is 6.45. The minimum absolute atomic E-state index is 0.0144. The number of aromatic amines is 1. The van der Waals surface area contributed by atoms with Crippen molar-refractivity contribution in [1.82, 2.24) is 14.8 Å². The Morgan fingerprint density at radius 2 is 1.59 bits per heavy atom. The molecule has 6 nitrogen and oxygen atoms in total. The number of anilines is 1. The van der Waals surface area contributed by atoms with Gasteiger partial charge in [-0.05, 0) is 47.1 Å². The number of hydrogen-bond acceptors (Lipinski definition) is 3. The predicted molar refractivity (Wildman–Crippen MR) is 154 cm³/mol. The van der Waals surface area contributed by atoms with Crippen LogP contribution in [0.4, 0.5) is 5.69 Å². The molecule has 3 rings (SSSR count). The van der Waals surface area contributed by atoms with Gasteiger partial charge in [0.2, 0.25) is 11.8 Å². The fraction of sp³-hybridized carbons (Fsp3) is 0.484. The predicted octanol–water partition coefficient (Wildman–Crippen LogP) is 5.73. The Hall–Kier alpha value is -3.28. The lowest BCUT2D eigenvalue weighted by Crippen LogP contribution is -2.45. The van der Waals surface area contributed by atoms with Crippen molar-refractivity contribution >= 4 is 28.4 Å². The van der Waals surface area contributed by atoms with Crippen molar-refractivity contribution in [1.29, 1.82) is 0 Å². The molecule has 0 aliphatic rings. The number of nitrogens with zero attached hydrogens (tertiary/aromatic N) is 3. The molecule has 1 N–H and O–H groups in total. The molecule has 0 unspecified atom stereocenters. The van der Waals surface area contributed by atoms with Crippen LogP contribution in [0.5, 0.6) is 0 Å². The fourth-order valence-electron chi connectivity index (χ4n) is 4.53. The molecule has 0 saturated heterocycles. The van der Waals surface area contributed by atoms with E-state index in [0.29, 0.717) is 26.1 Å². The van der Waals surface area contributed by atoms with Crippen molar-refractivity contribution in [2.24, 2.45) is 11.3 Å². The van der Waals surface area contributed by atoms with E-state index in [1.807, 2.05) is 37.3 Å². The minimum Gasteiger partial charge on any atom is -0.378 e. The molecule has 0 spiro atoms. The average Bonchev–Trinajstić information content (AvgIpc) is 3.23. The maximum atomic E-state index is 13.7. The van der Waals surface area contributed by atoms with E-state index in [1.54, 1.807) is 4.90 Å². The van der Waals surface area contributed by atoms with Crippen LogP contribution >= 0.6 is 0 Å². The van der Waals surface area contributed by atoms with Crippen LogP contribution in [-0.4, -0.2) is 60.3 Å². The van der Waals surface area contributed by atoms with E-state index in [4.69, 9.17) is 0 Å². The molecular weight excluding hydrogens is 460 g/mol. The Morgan fingerprint density at radius 1 is 0.919 bits per heavy atom. The number of benzene rings is 2. The lowest BCUT2D eigenvalue weighted by Gasteiger charge is -2.31. The first-order valence-corrected chi connectivity index (χ1v) is 13.3. The molecular formula is C31H44N4O2. The van der Waals surface area contributed by atoms with Crippen molar-refractivity contribution in [3.8, 4) is 0 Å². The van der Waals surface area contributed by atoms with Crippen molar-refractivity contribution in [3.63, 3.8) is 0 Å². The third kappa shape index (κ3) is 8.38. The molecule has 0 aliphatic carbocycles. The summed E-state index contributed by atoms with van der Waals surface area (Å²) < 4.78 is 0. The molecule has 0 bridgehead atoms. The van der Waals surface area contributed by atoms with Crippen LogP contribution in [0.1, 0.15) is 52.2 Å². The summed E-state index contributed by atoms with van der Waals surface area (Å²) >= 11 is 0. The van der Waals surface area contributed by atoms with Gasteiger partial charge in [0.25, 0.3) is 0 Å². The molecule has 0 saturated carbocycles. The van der Waals surface area contributed by atoms with Gasteiger partial charge in [0.15, 0.2) is 0 Å². The van der Waals surface area contributed by atoms with Crippen molar-refractivity contribution in [3.05, 3.63) is 65.9 Å². The maximum absolute atomic E-state index is 13.7. The lowest BCUT2D eigenvalue weighted by atomic mass is 9.91. The molecule has 37 heavy (non-hydrogen) atoms. The van der Waals surface area contributed by atoms with Crippen LogP contribution in [0.2, 0.25) is 0 Å². The number of carbonyl (C=O) groups excluding carboxylic acids is 2. The van der Waals surface area contributed by atoms with Gasteiger partial charge in [-0.1, -0.05) is 65.0 Å². The summed E-state index contributed by atoms with van der Waals surface area (Å²) in [5, 5.41) is 1.19. The number of carbonyl (C=O) groups is 2. The number of amides is 2. The van der Waals surface area contributed by atoms with Crippen molar-refractivity contribution in [2.45, 2.75) is 54.0 Å². The molecule has 0 aliphatic heterocycles. The Kier molecular flexibility index (Phi) is 9.41. The van der Waals surface area contributed by atoms with Crippen LogP contribution in [0.15, 0.2) is 54.7 Å². The molecule has 3 aromatic rings. The van der Waals surface area contributed by atoms with Crippen LogP contribution < -0.4 is 4.90 Å². The van der Waals surface area contributed by atoms with E-state index in [-0.39, 0.29) is 29.7 Å². The van der Waals surface area contributed by atoms with Gasteiger partial charge in [-0.2, -0.15) is 0 Å². The molecule has 0 radical (unpaired) electrons. The third-order valence-electron chi connectivity index (χ3n) is 6.45. The maximum Gasteiger partial charge on any atom is 0.242 e. The van der Waals surface area contributed by atoms with Crippen LogP contribution in [0, 0.1) is 11.3 Å². The van der Waals surface area contributed by atoms with Gasteiger partial charge in [0.1, 0.15) is 0 Å². The van der Waals surface area contributed by atoms with Crippen LogP contribution in [-0.2, 0) is 22.6 Å². The first-order valence-electron chi connectivity index (χ1n) is 13.3. The van der Waals surface area contributed by atoms with Gasteiger partial charge in [-0.15, -0.1) is 0 Å². The Balaban J connectivity index is 1.81. The smallest absolute Gasteiger partial charge is 0.242 e. The minimum atomic E-state index is -0.126. The van der Waals surface area contributed by atoms with Crippen molar-refractivity contribution < 1.29 is 9.59 Å². The van der Waals surface area contributed by atoms with E-state index >= 15 is 0 Å². The zero-order valence-corrected chi connectivity index (χ0v) is 23.7. The van der Waals surface area contributed by atoms with Gasteiger partial charge in [-0.3, -0.25) is 9.59 Å². The Bertz CT molecular complexity index is 1170. The topological polar surface area (TPSA) is 59.7 Å². The summed E-state index contributed by atoms with van der Waals surface area (Å²) in [6.45, 7) is 12.1. The monoisotopic (exact) mass is 504 g/mol. The van der Waals surface area contributed by atoms with E-state index in [1.165, 1.54) is 10.9 Å². The van der Waals surface area contributed by atoms with E-state index < -0.39 is 0 Å². The first kappa shape index (κ1) is 28.3. The van der Waals surface area contributed by atoms with Crippen LogP contribution in [0.25, 0.3) is 10.9 Å². The normalized spacial score (nSPS) is 11.7. The molecule has 2 aromatic carbocycles. The second-order valence-electron chi connectivity index (χ2n) is 11.9. The number of hydrogen-bond donors (Lipinski definition) is 1. The molecule has 0 atom stereocenters. The van der Waals surface area contributed by atoms with E-state index in [9.17, 15) is 9.59 Å². The van der Waals surface area contributed by atoms with E-state index in [0.717, 1.165) is 23.2 Å². The summed E-state index contributed by atoms with van der Waals surface area (Å²) in [5.74, 6) is 0.316.